The zero-order valence-corrected chi connectivity index (χ0v) is 11.8. The summed E-state index contributed by atoms with van der Waals surface area (Å²) in [4.78, 5) is 11.6. The van der Waals surface area contributed by atoms with Crippen LogP contribution in [0.1, 0.15) is 19.8 Å². The molecule has 1 aromatic carbocycles. The van der Waals surface area contributed by atoms with Gasteiger partial charge in [-0.2, -0.15) is 0 Å². The molecule has 0 fully saturated rings. The maximum absolute atomic E-state index is 11.6. The van der Waals surface area contributed by atoms with E-state index in [1.54, 1.807) is 24.3 Å². The van der Waals surface area contributed by atoms with Crippen molar-refractivity contribution in [2.45, 2.75) is 25.8 Å². The Labute approximate surface area is 113 Å². The molecule has 0 aromatic heterocycles. The molecule has 0 spiro atoms. The minimum atomic E-state index is -3.32. The van der Waals surface area contributed by atoms with Crippen LogP contribution < -0.4 is 15.8 Å². The number of rotatable bonds is 6. The van der Waals surface area contributed by atoms with Gasteiger partial charge in [-0.3, -0.25) is 9.52 Å². The van der Waals surface area contributed by atoms with Gasteiger partial charge in [0.25, 0.3) is 0 Å². The molecule has 1 atom stereocenters. The van der Waals surface area contributed by atoms with Gasteiger partial charge in [0, 0.05) is 18.2 Å². The lowest BCUT2D eigenvalue weighted by molar-refractivity contribution is -0.116. The second-order valence-corrected chi connectivity index (χ2v) is 6.27. The molecule has 4 N–H and O–H groups in total. The molecule has 0 aliphatic rings. The number of amides is 1. The molecule has 1 rings (SSSR count). The largest absolute Gasteiger partial charge is 0.328 e. The van der Waals surface area contributed by atoms with E-state index in [0.717, 1.165) is 6.26 Å². The smallest absolute Gasteiger partial charge is 0.229 e. The summed E-state index contributed by atoms with van der Waals surface area (Å²) in [6.45, 7) is 1.84. The summed E-state index contributed by atoms with van der Waals surface area (Å²) in [5.74, 6) is -0.145. The molecule has 1 aromatic rings. The van der Waals surface area contributed by atoms with Crippen LogP contribution in [-0.2, 0) is 14.8 Å². The number of sulfonamides is 1. The van der Waals surface area contributed by atoms with Gasteiger partial charge in [-0.1, -0.05) is 6.07 Å². The number of hydrogen-bond donors (Lipinski definition) is 3. The van der Waals surface area contributed by atoms with Crippen molar-refractivity contribution < 1.29 is 13.2 Å². The van der Waals surface area contributed by atoms with Crippen molar-refractivity contribution in [1.29, 1.82) is 0 Å². The van der Waals surface area contributed by atoms with Crippen molar-refractivity contribution in [2.24, 2.45) is 5.73 Å². The van der Waals surface area contributed by atoms with Gasteiger partial charge in [0.15, 0.2) is 0 Å². The van der Waals surface area contributed by atoms with E-state index in [2.05, 4.69) is 10.0 Å². The lowest BCUT2D eigenvalue weighted by Gasteiger charge is -2.09. The Morgan fingerprint density at radius 3 is 2.58 bits per heavy atom. The molecule has 0 radical (unpaired) electrons. The van der Waals surface area contributed by atoms with E-state index >= 15 is 0 Å². The second kappa shape index (κ2) is 6.53. The number of benzene rings is 1. The van der Waals surface area contributed by atoms with Crippen molar-refractivity contribution in [2.75, 3.05) is 16.3 Å². The first-order chi connectivity index (χ1) is 8.76. The fourth-order valence-corrected chi connectivity index (χ4v) is 2.01. The topological polar surface area (TPSA) is 101 Å². The maximum Gasteiger partial charge on any atom is 0.229 e. The van der Waals surface area contributed by atoms with Crippen LogP contribution in [0.2, 0.25) is 0 Å². The Morgan fingerprint density at radius 2 is 2.00 bits per heavy atom. The van der Waals surface area contributed by atoms with Gasteiger partial charge in [0.2, 0.25) is 15.9 Å². The number of hydrogen-bond acceptors (Lipinski definition) is 4. The number of anilines is 2. The highest BCUT2D eigenvalue weighted by Crippen LogP contribution is 2.16. The summed E-state index contributed by atoms with van der Waals surface area (Å²) in [6.07, 6.45) is 2.01. The lowest BCUT2D eigenvalue weighted by atomic mass is 10.2. The summed E-state index contributed by atoms with van der Waals surface area (Å²) in [6, 6.07) is 6.50. The van der Waals surface area contributed by atoms with Gasteiger partial charge in [0.05, 0.1) is 11.9 Å². The SMILES string of the molecule is CC(N)CCC(=O)Nc1cccc(NS(C)(=O)=O)c1. The number of carbonyl (C=O) groups is 1. The van der Waals surface area contributed by atoms with Crippen LogP contribution in [0, 0.1) is 0 Å². The quantitative estimate of drug-likeness (QED) is 0.729. The first-order valence-electron chi connectivity index (χ1n) is 5.89. The molecular weight excluding hydrogens is 266 g/mol. The highest BCUT2D eigenvalue weighted by atomic mass is 32.2. The highest BCUT2D eigenvalue weighted by molar-refractivity contribution is 7.92. The van der Waals surface area contributed by atoms with E-state index in [9.17, 15) is 13.2 Å². The van der Waals surface area contributed by atoms with Crippen LogP contribution in [0.3, 0.4) is 0 Å². The zero-order chi connectivity index (χ0) is 14.5. The zero-order valence-electron chi connectivity index (χ0n) is 11.0. The van der Waals surface area contributed by atoms with Gasteiger partial charge in [-0.15, -0.1) is 0 Å². The molecule has 0 saturated heterocycles. The Kier molecular flexibility index (Phi) is 5.31. The highest BCUT2D eigenvalue weighted by Gasteiger charge is 2.06. The predicted molar refractivity (Wildman–Crippen MR) is 76.4 cm³/mol. The van der Waals surface area contributed by atoms with E-state index in [0.29, 0.717) is 24.2 Å². The molecule has 1 unspecified atom stereocenters. The molecular formula is C12H19N3O3S. The molecule has 1 amide bonds. The molecule has 0 heterocycles. The summed E-state index contributed by atoms with van der Waals surface area (Å²) in [7, 11) is -3.32. The first kappa shape index (κ1) is 15.5. The van der Waals surface area contributed by atoms with E-state index < -0.39 is 10.0 Å². The standard InChI is InChI=1S/C12H19N3O3S/c1-9(13)6-7-12(16)14-10-4-3-5-11(8-10)15-19(2,17)18/h3-5,8-9,15H,6-7,13H2,1-2H3,(H,14,16). The molecule has 7 heteroatoms. The number of carbonyl (C=O) groups excluding carboxylic acids is 1. The Bertz CT molecular complexity index is 541. The van der Waals surface area contributed by atoms with Crippen molar-refractivity contribution in [3.8, 4) is 0 Å². The summed E-state index contributed by atoms with van der Waals surface area (Å²) in [5, 5.41) is 2.69. The third-order valence-corrected chi connectivity index (χ3v) is 2.88. The summed E-state index contributed by atoms with van der Waals surface area (Å²) < 4.78 is 24.5. The van der Waals surface area contributed by atoms with Gasteiger partial charge in [-0.05, 0) is 31.5 Å². The molecule has 0 aliphatic heterocycles. The van der Waals surface area contributed by atoms with Crippen molar-refractivity contribution in [1.82, 2.24) is 0 Å². The maximum atomic E-state index is 11.6. The normalized spacial score (nSPS) is 12.8. The van der Waals surface area contributed by atoms with Crippen LogP contribution in [-0.4, -0.2) is 26.6 Å². The fourth-order valence-electron chi connectivity index (χ4n) is 1.46. The minimum absolute atomic E-state index is 0.0241. The van der Waals surface area contributed by atoms with E-state index in [-0.39, 0.29) is 11.9 Å². The molecule has 6 nitrogen and oxygen atoms in total. The van der Waals surface area contributed by atoms with Gasteiger partial charge >= 0.3 is 0 Å². The molecule has 0 aliphatic carbocycles. The molecule has 0 saturated carbocycles. The van der Waals surface area contributed by atoms with Crippen molar-refractivity contribution >= 4 is 27.3 Å². The van der Waals surface area contributed by atoms with Crippen LogP contribution in [0.25, 0.3) is 0 Å². The van der Waals surface area contributed by atoms with Crippen LogP contribution in [0.4, 0.5) is 11.4 Å². The van der Waals surface area contributed by atoms with E-state index in [1.807, 2.05) is 6.92 Å². The molecule has 19 heavy (non-hydrogen) atoms. The number of nitrogens with one attached hydrogen (secondary N) is 2. The Balaban J connectivity index is 2.64. The molecule has 0 bridgehead atoms. The van der Waals surface area contributed by atoms with Gasteiger partial charge in [-0.25, -0.2) is 8.42 Å². The summed E-state index contributed by atoms with van der Waals surface area (Å²) >= 11 is 0. The average Bonchev–Trinajstić information content (AvgIpc) is 2.24. The average molecular weight is 285 g/mol. The van der Waals surface area contributed by atoms with Crippen molar-refractivity contribution in [3.63, 3.8) is 0 Å². The lowest BCUT2D eigenvalue weighted by Crippen LogP contribution is -2.19. The predicted octanol–water partition coefficient (Wildman–Crippen LogP) is 1.12. The minimum Gasteiger partial charge on any atom is -0.328 e. The van der Waals surface area contributed by atoms with Crippen LogP contribution >= 0.6 is 0 Å². The van der Waals surface area contributed by atoms with Gasteiger partial charge < -0.3 is 11.1 Å². The van der Waals surface area contributed by atoms with Crippen LogP contribution in [0.5, 0.6) is 0 Å². The summed E-state index contributed by atoms with van der Waals surface area (Å²) in [5.41, 5.74) is 6.53. The fraction of sp³-hybridized carbons (Fsp3) is 0.417. The second-order valence-electron chi connectivity index (χ2n) is 4.52. The van der Waals surface area contributed by atoms with E-state index in [1.165, 1.54) is 0 Å². The van der Waals surface area contributed by atoms with Crippen LogP contribution in [0.15, 0.2) is 24.3 Å². The van der Waals surface area contributed by atoms with E-state index in [4.69, 9.17) is 5.73 Å². The van der Waals surface area contributed by atoms with Gasteiger partial charge in [0.1, 0.15) is 0 Å². The Morgan fingerprint density at radius 1 is 1.37 bits per heavy atom. The van der Waals surface area contributed by atoms with Crippen molar-refractivity contribution in [3.05, 3.63) is 24.3 Å². The first-order valence-corrected chi connectivity index (χ1v) is 7.79. The third kappa shape index (κ3) is 6.78. The third-order valence-electron chi connectivity index (χ3n) is 2.28. The molecule has 106 valence electrons. The Hall–Kier alpha value is -1.60. The monoisotopic (exact) mass is 285 g/mol. The number of nitrogens with two attached hydrogens (primary N) is 1.